The van der Waals surface area contributed by atoms with E-state index in [1.807, 2.05) is 6.07 Å². The predicted octanol–water partition coefficient (Wildman–Crippen LogP) is 15.2. The van der Waals surface area contributed by atoms with Crippen LogP contribution >= 0.6 is 17.0 Å². The fraction of sp³-hybridized carbons (Fsp3) is 0.385. The Kier molecular flexibility index (Phi) is 17.3. The van der Waals surface area contributed by atoms with Crippen molar-refractivity contribution in [3.63, 3.8) is 0 Å². The van der Waals surface area contributed by atoms with Crippen molar-refractivity contribution in [2.75, 3.05) is 0 Å². The van der Waals surface area contributed by atoms with Gasteiger partial charge in [0.1, 0.15) is 0 Å². The summed E-state index contributed by atoms with van der Waals surface area (Å²) in [7, 11) is 11.0. The van der Waals surface area contributed by atoms with Gasteiger partial charge in [0.2, 0.25) is 0 Å². The van der Waals surface area contributed by atoms with E-state index in [1.165, 1.54) is 34.7 Å². The Morgan fingerprint density at radius 1 is 0.673 bits per heavy atom. The molecule has 0 aliphatic rings. The molecule has 13 heteroatoms. The van der Waals surface area contributed by atoms with Crippen molar-refractivity contribution in [1.82, 2.24) is 0 Å². The van der Waals surface area contributed by atoms with E-state index in [2.05, 4.69) is 71.1 Å². The first-order valence-corrected chi connectivity index (χ1v) is 24.7. The van der Waals surface area contributed by atoms with Crippen LogP contribution in [0.1, 0.15) is 74.6 Å². The molecule has 2 atom stereocenters. The average molecular weight is 871 g/mol. The van der Waals surface area contributed by atoms with Crippen molar-refractivity contribution >= 4 is 48.1 Å². The minimum atomic E-state index is -6.63. The van der Waals surface area contributed by atoms with Gasteiger partial charge in [-0.25, -0.2) is 0 Å². The van der Waals surface area contributed by atoms with E-state index in [-0.39, 0.29) is 17.7 Å². The Morgan fingerprint density at radius 2 is 1.13 bits per heavy atom. The van der Waals surface area contributed by atoms with Crippen molar-refractivity contribution in [3.05, 3.63) is 107 Å². The number of hydrogen-bond acceptors (Lipinski definition) is 0. The van der Waals surface area contributed by atoms with Gasteiger partial charge in [-0.3, -0.25) is 0 Å². The molecule has 0 amide bonds. The molecule has 282 valence electrons. The topological polar surface area (TPSA) is 0 Å². The quantitative estimate of drug-likeness (QED) is 0.0906. The van der Waals surface area contributed by atoms with E-state index < -0.39 is 50.4 Å². The van der Waals surface area contributed by atoms with Gasteiger partial charge in [0.25, 0.3) is 5.41 Å². The van der Waals surface area contributed by atoms with Gasteiger partial charge in [-0.2, -0.15) is 51.6 Å². The third-order valence-electron chi connectivity index (χ3n) is 8.93. The molecule has 2 radical (unpaired) electrons. The zero-order chi connectivity index (χ0) is 39.7. The van der Waals surface area contributed by atoms with Crippen LogP contribution in [0, 0.1) is 6.92 Å². The van der Waals surface area contributed by atoms with Gasteiger partial charge in [0.15, 0.2) is 0 Å². The molecule has 0 heterocycles. The van der Waals surface area contributed by atoms with E-state index in [4.69, 9.17) is 17.0 Å². The predicted molar refractivity (Wildman–Crippen MR) is 196 cm³/mol. The number of hydrogen-bond donors (Lipinski definition) is 0. The number of aryl methyl sites for hydroxylation is 1. The first kappa shape index (κ1) is 46.1. The van der Waals surface area contributed by atoms with Crippen LogP contribution in [0.25, 0.3) is 32.7 Å². The summed E-state index contributed by atoms with van der Waals surface area (Å²) in [6.45, 7) is 15.3. The van der Waals surface area contributed by atoms with Crippen LogP contribution < -0.4 is 0 Å². The molecule has 0 aliphatic heterocycles. The van der Waals surface area contributed by atoms with Gasteiger partial charge in [-0.15, -0.1) is 69.1 Å². The molecule has 52 heavy (non-hydrogen) atoms. The van der Waals surface area contributed by atoms with Crippen LogP contribution in [0.5, 0.6) is 0 Å². The molecular weight excluding hydrogens is 830 g/mol. The summed E-state index contributed by atoms with van der Waals surface area (Å²) in [5.74, 6) is 1.33. The van der Waals surface area contributed by atoms with Crippen LogP contribution in [0.2, 0.25) is 13.1 Å². The van der Waals surface area contributed by atoms with Gasteiger partial charge in [-0.05, 0) is 23.0 Å². The second-order valence-corrected chi connectivity index (χ2v) is 17.2. The van der Waals surface area contributed by atoms with Crippen molar-refractivity contribution < 1.29 is 60.4 Å². The van der Waals surface area contributed by atoms with Crippen LogP contribution in [0.3, 0.4) is 0 Å². The van der Waals surface area contributed by atoms with Crippen LogP contribution in [0.4, 0.5) is 39.5 Å². The van der Waals surface area contributed by atoms with Crippen LogP contribution in [0.15, 0.2) is 84.9 Å². The first-order valence-electron chi connectivity index (χ1n) is 16.4. The standard InChI is InChI=1S/C20H12F9.C17H23.C2H6Si.2ClH.Zr/c1-11-9-13-3-2-4-15(16(13)10-11)12-5-7-14(8-6-12)17(18(21,22)23,19(24,25)26)20(27,28)29;1-5-12(3)15-10-14-8-7-9-16(13(4)6-2)17(14)11-15;1-3-2;;;/h2-10H,1H3;7-13H,5-6H2,1-4H3;1-2H3;2*1H;/q2*-1;;;;+4/p-2. The van der Waals surface area contributed by atoms with Crippen LogP contribution in [-0.4, -0.2) is 28.0 Å². The number of alkyl halides is 9. The third kappa shape index (κ3) is 10.4. The molecule has 0 aliphatic carbocycles. The van der Waals surface area contributed by atoms with Gasteiger partial charge in [0, 0.05) is 9.52 Å². The number of halogens is 11. The number of rotatable bonds is 6. The number of benzene rings is 3. The van der Waals surface area contributed by atoms with E-state index in [9.17, 15) is 39.5 Å². The Balaban J connectivity index is 0.000000343. The zero-order valence-electron chi connectivity index (χ0n) is 29.8. The van der Waals surface area contributed by atoms with Gasteiger partial charge < -0.3 is 0 Å². The molecule has 0 fully saturated rings. The Labute approximate surface area is 321 Å². The second kappa shape index (κ2) is 19.5. The van der Waals surface area contributed by atoms with Crippen molar-refractivity contribution in [1.29, 1.82) is 0 Å². The molecular formula is C39H41Cl2F9SiZr. The molecule has 0 N–H and O–H groups in total. The molecule has 0 nitrogen and oxygen atoms in total. The minimum absolute atomic E-state index is 0.199. The molecule has 0 aromatic heterocycles. The maximum atomic E-state index is 13.2. The summed E-state index contributed by atoms with van der Waals surface area (Å²) >= 11 is -0.826. The monoisotopic (exact) mass is 868 g/mol. The summed E-state index contributed by atoms with van der Waals surface area (Å²) in [5, 5.41) is 4.36. The van der Waals surface area contributed by atoms with Crippen molar-refractivity contribution in [2.24, 2.45) is 0 Å². The summed E-state index contributed by atoms with van der Waals surface area (Å²) in [6.07, 6.45) is -17.5. The van der Waals surface area contributed by atoms with Gasteiger partial charge in [-0.1, -0.05) is 108 Å². The summed E-state index contributed by atoms with van der Waals surface area (Å²) in [4.78, 5) is 0. The summed E-state index contributed by atoms with van der Waals surface area (Å²) in [6, 6.07) is 22.2. The van der Waals surface area contributed by atoms with Gasteiger partial charge in [0.05, 0.1) is 0 Å². The maximum absolute atomic E-state index is 13.2. The van der Waals surface area contributed by atoms with E-state index >= 15 is 0 Å². The molecule has 0 bridgehead atoms. The van der Waals surface area contributed by atoms with Crippen LogP contribution in [-0.2, 0) is 26.3 Å². The average Bonchev–Trinajstić information content (AvgIpc) is 3.66. The third-order valence-corrected chi connectivity index (χ3v) is 8.93. The summed E-state index contributed by atoms with van der Waals surface area (Å²) in [5.41, 5.74) is -3.33. The van der Waals surface area contributed by atoms with E-state index in [1.54, 1.807) is 31.2 Å². The van der Waals surface area contributed by atoms with Gasteiger partial charge >= 0.3 is 56.4 Å². The first-order chi connectivity index (χ1) is 24.2. The SMILES string of the molecule is CCC(C)c1cc2c(C(C)CC)cccc2[cH-]1.C[Si]C.Cc1cc2c(-c3ccc(C(C(F)(F)F)(C(F)(F)F)C(F)(F)F)cc3)cccc2[cH-]1.[Cl][Zr+2][Cl]. The molecule has 5 aromatic rings. The molecule has 0 saturated carbocycles. The van der Waals surface area contributed by atoms with Crippen molar-refractivity contribution in [2.45, 2.75) is 96.3 Å². The fourth-order valence-corrected chi connectivity index (χ4v) is 5.96. The number of fused-ring (bicyclic) bond motifs is 2. The normalized spacial score (nSPS) is 13.2. The molecule has 0 spiro atoms. The zero-order valence-corrected chi connectivity index (χ0v) is 34.8. The second-order valence-electron chi connectivity index (χ2n) is 12.5. The molecule has 2 unspecified atom stereocenters. The fourth-order valence-electron chi connectivity index (χ4n) is 5.96. The Bertz CT molecular complexity index is 1780. The Morgan fingerprint density at radius 3 is 1.60 bits per heavy atom. The van der Waals surface area contributed by atoms with E-state index in [0.29, 0.717) is 22.8 Å². The van der Waals surface area contributed by atoms with Crippen molar-refractivity contribution in [3.8, 4) is 11.1 Å². The summed E-state index contributed by atoms with van der Waals surface area (Å²) < 4.78 is 119. The Hall–Kier alpha value is -2.07. The molecule has 0 saturated heterocycles. The molecule has 5 aromatic carbocycles. The van der Waals surface area contributed by atoms with E-state index in [0.717, 1.165) is 32.6 Å². The molecule has 5 rings (SSSR count).